The standard InChI is InChI=1S/C51H31BN6/c1-3-13-30(14-4-1)36-27-31-15-7-8-18-34(31)43-46-49-37(22-25-54-46)52-38-23-26-55-47-44-35-19-9-10-21-40(35)56(33-16-5-2-6-17-33)51(44)58(50(38)47)42-29-32(39-20-11-12-24-53-39)28-41(45(42)52)57(49)48(36)43/h1-26,28-29,36H,27H2. The number of benzene rings is 5. The molecule has 6 nitrogen and oxygen atoms in total. The minimum Gasteiger partial charge on any atom is -0.312 e. The van der Waals surface area contributed by atoms with Gasteiger partial charge in [0.05, 0.1) is 38.7 Å². The summed E-state index contributed by atoms with van der Waals surface area (Å²) in [5, 5.41) is 2.37. The molecule has 58 heavy (non-hydrogen) atoms. The Bertz CT molecular complexity index is 3550. The molecule has 0 saturated heterocycles. The molecule has 0 bridgehead atoms. The predicted molar refractivity (Wildman–Crippen MR) is 235 cm³/mol. The van der Waals surface area contributed by atoms with Crippen molar-refractivity contribution in [3.63, 3.8) is 0 Å². The largest absolute Gasteiger partial charge is 0.312 e. The first-order valence-electron chi connectivity index (χ1n) is 20.1. The van der Waals surface area contributed by atoms with Crippen LogP contribution in [0.2, 0.25) is 0 Å². The summed E-state index contributed by atoms with van der Waals surface area (Å²) in [7, 11) is 0. The molecule has 6 aromatic heterocycles. The van der Waals surface area contributed by atoms with E-state index in [1.165, 1.54) is 66.3 Å². The molecular weight excluding hydrogens is 707 g/mol. The lowest BCUT2D eigenvalue weighted by molar-refractivity contribution is 0.746. The zero-order valence-electron chi connectivity index (χ0n) is 31.2. The Morgan fingerprint density at radius 2 is 1.26 bits per heavy atom. The molecule has 1 atom stereocenters. The minimum atomic E-state index is -0.0315. The van der Waals surface area contributed by atoms with Crippen molar-refractivity contribution in [3.8, 4) is 39.4 Å². The molecule has 2 aliphatic heterocycles. The predicted octanol–water partition coefficient (Wildman–Crippen LogP) is 9.02. The van der Waals surface area contributed by atoms with E-state index in [-0.39, 0.29) is 12.6 Å². The highest BCUT2D eigenvalue weighted by Gasteiger charge is 2.45. The molecule has 268 valence electrons. The molecule has 8 heterocycles. The molecule has 11 aromatic rings. The molecule has 1 aliphatic carbocycles. The summed E-state index contributed by atoms with van der Waals surface area (Å²) in [4.78, 5) is 15.5. The van der Waals surface area contributed by atoms with E-state index >= 15 is 0 Å². The Morgan fingerprint density at radius 3 is 2.07 bits per heavy atom. The van der Waals surface area contributed by atoms with E-state index in [2.05, 4.69) is 159 Å². The number of nitrogens with zero attached hydrogens (tertiary/aromatic N) is 6. The Balaban J connectivity index is 1.21. The fourth-order valence-electron chi connectivity index (χ4n) is 11.0. The van der Waals surface area contributed by atoms with Gasteiger partial charge in [-0.3, -0.25) is 24.1 Å². The van der Waals surface area contributed by atoms with Crippen LogP contribution in [0, 0.1) is 0 Å². The van der Waals surface area contributed by atoms with Crippen LogP contribution < -0.4 is 16.4 Å². The van der Waals surface area contributed by atoms with Crippen LogP contribution in [0.15, 0.2) is 170 Å². The first-order chi connectivity index (χ1) is 28.8. The second-order valence-electron chi connectivity index (χ2n) is 15.9. The summed E-state index contributed by atoms with van der Waals surface area (Å²) in [5.74, 6) is 0.129. The lowest BCUT2D eigenvalue weighted by Gasteiger charge is -2.35. The van der Waals surface area contributed by atoms with Crippen LogP contribution in [0.1, 0.15) is 22.7 Å². The third-order valence-electron chi connectivity index (χ3n) is 13.1. The number of aromatic nitrogens is 6. The van der Waals surface area contributed by atoms with Crippen LogP contribution in [-0.2, 0) is 6.42 Å². The van der Waals surface area contributed by atoms with Gasteiger partial charge in [0, 0.05) is 63.8 Å². The summed E-state index contributed by atoms with van der Waals surface area (Å²) in [6, 6.07) is 55.2. The molecule has 5 aromatic carbocycles. The number of hydrogen-bond donors (Lipinski definition) is 0. The minimum absolute atomic E-state index is 0.0315. The molecule has 0 N–H and O–H groups in total. The molecular formula is C51H31BN6. The Labute approximate surface area is 333 Å². The molecule has 0 saturated carbocycles. The molecule has 7 heteroatoms. The van der Waals surface area contributed by atoms with Crippen LogP contribution in [0.25, 0.3) is 83.4 Å². The molecule has 3 aliphatic rings. The van der Waals surface area contributed by atoms with Gasteiger partial charge in [-0.15, -0.1) is 0 Å². The number of para-hydroxylation sites is 2. The van der Waals surface area contributed by atoms with E-state index in [1.54, 1.807) is 0 Å². The van der Waals surface area contributed by atoms with E-state index in [4.69, 9.17) is 15.0 Å². The second-order valence-corrected chi connectivity index (χ2v) is 15.9. The highest BCUT2D eigenvalue weighted by atomic mass is 15.2. The van der Waals surface area contributed by atoms with E-state index in [1.807, 2.05) is 24.7 Å². The van der Waals surface area contributed by atoms with Crippen molar-refractivity contribution in [2.45, 2.75) is 12.3 Å². The lowest BCUT2D eigenvalue weighted by Crippen LogP contribution is -2.59. The maximum absolute atomic E-state index is 5.29. The molecule has 0 radical (unpaired) electrons. The zero-order valence-corrected chi connectivity index (χ0v) is 31.2. The third kappa shape index (κ3) is 3.76. The molecule has 1 unspecified atom stereocenters. The highest BCUT2D eigenvalue weighted by molar-refractivity contribution is 7.00. The average Bonchev–Trinajstić information content (AvgIpc) is 3.94. The average molecular weight is 739 g/mol. The second kappa shape index (κ2) is 11.1. The maximum atomic E-state index is 5.29. The van der Waals surface area contributed by atoms with Crippen molar-refractivity contribution in [1.82, 2.24) is 28.7 Å². The summed E-state index contributed by atoms with van der Waals surface area (Å²) < 4.78 is 7.58. The lowest BCUT2D eigenvalue weighted by atomic mass is 9.34. The smallest absolute Gasteiger partial charge is 0.252 e. The Hall–Kier alpha value is -7.51. The van der Waals surface area contributed by atoms with Gasteiger partial charge in [0.25, 0.3) is 6.71 Å². The summed E-state index contributed by atoms with van der Waals surface area (Å²) >= 11 is 0. The molecule has 0 fully saturated rings. The van der Waals surface area contributed by atoms with E-state index in [0.717, 1.165) is 56.8 Å². The number of rotatable bonds is 3. The van der Waals surface area contributed by atoms with Crippen molar-refractivity contribution in [1.29, 1.82) is 0 Å². The molecule has 0 spiro atoms. The van der Waals surface area contributed by atoms with Gasteiger partial charge < -0.3 is 4.57 Å². The van der Waals surface area contributed by atoms with Crippen LogP contribution >= 0.6 is 0 Å². The van der Waals surface area contributed by atoms with Gasteiger partial charge in [-0.25, -0.2) is 0 Å². The van der Waals surface area contributed by atoms with E-state index < -0.39 is 0 Å². The van der Waals surface area contributed by atoms with Gasteiger partial charge in [-0.05, 0) is 94.1 Å². The first kappa shape index (κ1) is 30.7. The van der Waals surface area contributed by atoms with Crippen LogP contribution in [0.5, 0.6) is 0 Å². The first-order valence-corrected chi connectivity index (χ1v) is 20.1. The van der Waals surface area contributed by atoms with E-state index in [9.17, 15) is 0 Å². The van der Waals surface area contributed by atoms with Gasteiger partial charge in [-0.2, -0.15) is 0 Å². The van der Waals surface area contributed by atoms with Gasteiger partial charge in [0.15, 0.2) is 0 Å². The monoisotopic (exact) mass is 738 g/mol. The molecule has 0 amide bonds. The van der Waals surface area contributed by atoms with Crippen molar-refractivity contribution in [2.75, 3.05) is 0 Å². The van der Waals surface area contributed by atoms with Crippen LogP contribution in [-0.4, -0.2) is 35.4 Å². The normalized spacial score (nSPS) is 14.6. The van der Waals surface area contributed by atoms with Crippen molar-refractivity contribution in [2.24, 2.45) is 0 Å². The fourth-order valence-corrected chi connectivity index (χ4v) is 11.0. The quantitative estimate of drug-likeness (QED) is 0.170. The van der Waals surface area contributed by atoms with Crippen molar-refractivity contribution in [3.05, 3.63) is 187 Å². The summed E-state index contributed by atoms with van der Waals surface area (Å²) in [5.41, 5.74) is 22.6. The number of hydrogen-bond acceptors (Lipinski definition) is 3. The number of pyridine rings is 3. The van der Waals surface area contributed by atoms with E-state index in [0.29, 0.717) is 0 Å². The maximum Gasteiger partial charge on any atom is 0.252 e. The van der Waals surface area contributed by atoms with Crippen LogP contribution in [0.4, 0.5) is 0 Å². The third-order valence-corrected chi connectivity index (χ3v) is 13.1. The Morgan fingerprint density at radius 1 is 0.569 bits per heavy atom. The highest BCUT2D eigenvalue weighted by Crippen LogP contribution is 2.50. The SMILES string of the molecule is c1ccc(C2Cc3ccccc3-c3c2n2c4c(ccnc34)B3c4c-2cc(-c2ccccn2)cc4-n2c4c3ccnc4c3c4ccccc4n(-c4ccccc4)c32)cc1. The fraction of sp³-hybridized carbons (Fsp3) is 0.0392. The Kier molecular flexibility index (Phi) is 5.86. The topological polar surface area (TPSA) is 53.5 Å². The van der Waals surface area contributed by atoms with Crippen LogP contribution in [0.3, 0.4) is 0 Å². The van der Waals surface area contributed by atoms with Gasteiger partial charge >= 0.3 is 0 Å². The van der Waals surface area contributed by atoms with Gasteiger partial charge in [-0.1, -0.05) is 97.1 Å². The summed E-state index contributed by atoms with van der Waals surface area (Å²) in [6.07, 6.45) is 6.89. The van der Waals surface area contributed by atoms with Gasteiger partial charge in [0.2, 0.25) is 0 Å². The number of fused-ring (bicyclic) bond motifs is 14. The van der Waals surface area contributed by atoms with Gasteiger partial charge in [0.1, 0.15) is 5.65 Å². The molecule has 14 rings (SSSR count). The summed E-state index contributed by atoms with van der Waals surface area (Å²) in [6.45, 7) is -0.0315. The van der Waals surface area contributed by atoms with Crippen molar-refractivity contribution >= 4 is 67.1 Å². The zero-order chi connectivity index (χ0) is 37.6. The van der Waals surface area contributed by atoms with Crippen molar-refractivity contribution < 1.29 is 0 Å².